The van der Waals surface area contributed by atoms with Crippen molar-refractivity contribution in [2.75, 3.05) is 0 Å². The van der Waals surface area contributed by atoms with Crippen molar-refractivity contribution in [1.82, 2.24) is 14.5 Å². The zero-order valence-electron chi connectivity index (χ0n) is 30.5. The van der Waals surface area contributed by atoms with Crippen molar-refractivity contribution in [3.63, 3.8) is 0 Å². The summed E-state index contributed by atoms with van der Waals surface area (Å²) >= 11 is 3.76. The van der Waals surface area contributed by atoms with Gasteiger partial charge in [-0.25, -0.2) is 9.97 Å². The zero-order valence-corrected chi connectivity index (χ0v) is 32.1. The Morgan fingerprint density at radius 3 is 2.07 bits per heavy atom. The number of fused-ring (bicyclic) bond motifs is 11. The lowest BCUT2D eigenvalue weighted by Crippen LogP contribution is -2.26. The molecule has 0 fully saturated rings. The maximum absolute atomic E-state index is 5.41. The van der Waals surface area contributed by atoms with Gasteiger partial charge in [0.1, 0.15) is 0 Å². The highest BCUT2D eigenvalue weighted by atomic mass is 32.1. The molecule has 1 aliphatic heterocycles. The summed E-state index contributed by atoms with van der Waals surface area (Å²) in [4.78, 5) is 10.6. The molecule has 0 atom stereocenters. The average Bonchev–Trinajstić information content (AvgIpc) is 3.89. The van der Waals surface area contributed by atoms with E-state index in [2.05, 4.69) is 171 Å². The Kier molecular flexibility index (Phi) is 6.36. The fraction of sp³-hybridized carbons (Fsp3) is 0.0800. The second kappa shape index (κ2) is 11.2. The Hall–Kier alpha value is -6.14. The van der Waals surface area contributed by atoms with Crippen LogP contribution in [-0.2, 0) is 5.41 Å². The van der Waals surface area contributed by atoms with Gasteiger partial charge in [-0.05, 0) is 83.3 Å². The van der Waals surface area contributed by atoms with E-state index in [0.717, 1.165) is 39.1 Å². The molecule has 0 saturated carbocycles. The third-order valence-electron chi connectivity index (χ3n) is 11.8. The molecule has 0 saturated heterocycles. The summed E-state index contributed by atoms with van der Waals surface area (Å²) in [6.45, 7) is 6.95. The lowest BCUT2D eigenvalue weighted by atomic mass is 9.74. The summed E-state index contributed by atoms with van der Waals surface area (Å²) in [7, 11) is 0. The summed E-state index contributed by atoms with van der Waals surface area (Å²) in [5.74, 6) is 0.736. The molecule has 7 aromatic carbocycles. The normalized spacial score (nSPS) is 13.5. The maximum Gasteiger partial charge on any atom is 0.160 e. The molecule has 0 aliphatic carbocycles. The number of benzene rings is 7. The average molecular weight is 740 g/mol. The molecule has 12 rings (SSSR count). The van der Waals surface area contributed by atoms with Gasteiger partial charge in [-0.3, -0.25) is 0 Å². The minimum Gasteiger partial charge on any atom is -0.307 e. The highest BCUT2D eigenvalue weighted by Gasteiger charge is 2.36. The topological polar surface area (TPSA) is 30.7 Å². The smallest absolute Gasteiger partial charge is 0.160 e. The Balaban J connectivity index is 1.03. The number of nitrogens with zero attached hydrogens (tertiary/aromatic N) is 3. The summed E-state index contributed by atoms with van der Waals surface area (Å²) in [6.07, 6.45) is 0. The first kappa shape index (κ1) is 31.2. The van der Waals surface area contributed by atoms with Gasteiger partial charge in [0, 0.05) is 57.6 Å². The minimum atomic E-state index is -0.184. The fourth-order valence-corrected chi connectivity index (χ4v) is 11.6. The number of para-hydroxylation sites is 2. The first-order valence-electron chi connectivity index (χ1n) is 18.8. The van der Waals surface area contributed by atoms with Gasteiger partial charge in [0.15, 0.2) is 5.82 Å². The number of aromatic nitrogens is 3. The lowest BCUT2D eigenvalue weighted by molar-refractivity contribution is 0.630. The van der Waals surface area contributed by atoms with Gasteiger partial charge in [-0.1, -0.05) is 111 Å². The lowest BCUT2D eigenvalue weighted by Gasteiger charge is -2.35. The second-order valence-corrected chi connectivity index (χ2v) is 17.6. The first-order chi connectivity index (χ1) is 26.9. The quantitative estimate of drug-likeness (QED) is 0.181. The number of aryl methyl sites for hydroxylation is 1. The van der Waals surface area contributed by atoms with Gasteiger partial charge in [-0.15, -0.1) is 22.7 Å². The van der Waals surface area contributed by atoms with Gasteiger partial charge < -0.3 is 4.57 Å². The van der Waals surface area contributed by atoms with E-state index in [0.29, 0.717) is 0 Å². The van der Waals surface area contributed by atoms with Gasteiger partial charge in [-0.2, -0.15) is 0 Å². The first-order valence-corrected chi connectivity index (χ1v) is 20.5. The predicted molar refractivity (Wildman–Crippen MR) is 235 cm³/mol. The fourth-order valence-electron chi connectivity index (χ4n) is 9.21. The molecule has 55 heavy (non-hydrogen) atoms. The van der Waals surface area contributed by atoms with Crippen LogP contribution in [0.1, 0.15) is 30.5 Å². The van der Waals surface area contributed by atoms with Crippen LogP contribution in [0, 0.1) is 6.92 Å². The van der Waals surface area contributed by atoms with Gasteiger partial charge >= 0.3 is 0 Å². The largest absolute Gasteiger partial charge is 0.307 e. The molecule has 260 valence electrons. The Bertz CT molecular complexity index is 3430. The summed E-state index contributed by atoms with van der Waals surface area (Å²) < 4.78 is 7.80. The van der Waals surface area contributed by atoms with Gasteiger partial charge in [0.2, 0.25) is 0 Å². The number of hydrogen-bond donors (Lipinski definition) is 0. The number of rotatable bonds is 3. The molecular weight excluding hydrogens is 707 g/mol. The highest BCUT2D eigenvalue weighted by molar-refractivity contribution is 7.27. The molecule has 0 N–H and O–H groups in total. The van der Waals surface area contributed by atoms with Crippen molar-refractivity contribution in [2.45, 2.75) is 26.2 Å². The summed E-state index contributed by atoms with van der Waals surface area (Å²) in [6, 6.07) is 53.3. The van der Waals surface area contributed by atoms with Crippen molar-refractivity contribution in [3.05, 3.63) is 162 Å². The second-order valence-electron chi connectivity index (χ2n) is 15.5. The van der Waals surface area contributed by atoms with Crippen LogP contribution in [0.4, 0.5) is 0 Å². The Morgan fingerprint density at radius 2 is 1.20 bits per heavy atom. The van der Waals surface area contributed by atoms with Crippen LogP contribution in [0.3, 0.4) is 0 Å². The molecule has 5 heteroatoms. The monoisotopic (exact) mass is 739 g/mol. The molecule has 0 unspecified atom stereocenters. The molecule has 0 radical (unpaired) electrons. The van der Waals surface area contributed by atoms with Gasteiger partial charge in [0.25, 0.3) is 0 Å². The van der Waals surface area contributed by atoms with E-state index in [4.69, 9.17) is 9.97 Å². The number of hydrogen-bond acceptors (Lipinski definition) is 4. The van der Waals surface area contributed by atoms with Crippen molar-refractivity contribution < 1.29 is 0 Å². The van der Waals surface area contributed by atoms with E-state index in [1.165, 1.54) is 79.3 Å². The molecule has 1 aliphatic rings. The molecule has 0 spiro atoms. The highest BCUT2D eigenvalue weighted by Crippen LogP contribution is 2.51. The molecule has 3 nitrogen and oxygen atoms in total. The van der Waals surface area contributed by atoms with E-state index in [1.807, 2.05) is 22.7 Å². The van der Waals surface area contributed by atoms with Crippen LogP contribution < -0.4 is 0 Å². The minimum absolute atomic E-state index is 0.184. The van der Waals surface area contributed by atoms with E-state index in [1.54, 1.807) is 0 Å². The van der Waals surface area contributed by atoms with Crippen LogP contribution in [0.25, 0.3) is 102 Å². The molecule has 5 heterocycles. The van der Waals surface area contributed by atoms with E-state index in [9.17, 15) is 0 Å². The van der Waals surface area contributed by atoms with Crippen molar-refractivity contribution in [1.29, 1.82) is 0 Å². The Morgan fingerprint density at radius 1 is 0.509 bits per heavy atom. The van der Waals surface area contributed by atoms with Gasteiger partial charge in [0.05, 0.1) is 32.6 Å². The van der Waals surface area contributed by atoms with Crippen molar-refractivity contribution in [2.24, 2.45) is 0 Å². The molecular formula is C50H33N3S2. The zero-order chi connectivity index (χ0) is 36.6. The third kappa shape index (κ3) is 4.36. The molecule has 11 aromatic rings. The van der Waals surface area contributed by atoms with Crippen LogP contribution in [0.2, 0.25) is 0 Å². The number of thiophene rings is 2. The standard InChI is InChI=1S/C50H33N3S2/c1-28-24-36-32-14-5-8-20-42(32)54-47(36)37(25-28)44-33-15-4-7-19-40(33)51-49(52-44)31-13-10-12-29(26-31)30-22-23-41-39(27-30)50(2,3)38-18-11-17-35-45(38)53(41)46-34-16-6-9-21-43(34)55-48(35)46/h4-27H,1-3H3. The van der Waals surface area contributed by atoms with E-state index >= 15 is 0 Å². The molecule has 0 amide bonds. The van der Waals surface area contributed by atoms with Crippen LogP contribution >= 0.6 is 22.7 Å². The summed E-state index contributed by atoms with van der Waals surface area (Å²) in [5, 5.41) is 6.31. The van der Waals surface area contributed by atoms with Crippen LogP contribution in [0.5, 0.6) is 0 Å². The third-order valence-corrected chi connectivity index (χ3v) is 14.2. The van der Waals surface area contributed by atoms with Crippen LogP contribution in [0.15, 0.2) is 146 Å². The summed E-state index contributed by atoms with van der Waals surface area (Å²) in [5.41, 5.74) is 14.1. The Labute approximate surface area is 325 Å². The molecule has 0 bridgehead atoms. The maximum atomic E-state index is 5.41. The SMILES string of the molecule is Cc1cc(-c2nc(-c3cccc(-c4ccc5c(c4)C(C)(C)c4cccc6c7sc8ccccc8c7n-5c46)c3)nc3ccccc23)c2sc3ccccc3c2c1. The molecule has 4 aromatic heterocycles. The van der Waals surface area contributed by atoms with Crippen LogP contribution in [-0.4, -0.2) is 14.5 Å². The van der Waals surface area contributed by atoms with E-state index < -0.39 is 0 Å². The van der Waals surface area contributed by atoms with Crippen molar-refractivity contribution >= 4 is 85.0 Å². The van der Waals surface area contributed by atoms with Crippen molar-refractivity contribution in [3.8, 4) is 39.5 Å². The van der Waals surface area contributed by atoms with E-state index in [-0.39, 0.29) is 5.41 Å². The predicted octanol–water partition coefficient (Wildman–Crippen LogP) is 14.3.